The number of hydrogen-bond donors (Lipinski definition) is 0. The summed E-state index contributed by atoms with van der Waals surface area (Å²) in [6, 6.07) is 6.59. The lowest BCUT2D eigenvalue weighted by Crippen LogP contribution is -2.18. The summed E-state index contributed by atoms with van der Waals surface area (Å²) in [5.74, 6) is 0.633. The average Bonchev–Trinajstić information content (AvgIpc) is 3.12. The zero-order valence-corrected chi connectivity index (χ0v) is 14.3. The first-order chi connectivity index (χ1) is 12.3. The van der Waals surface area contributed by atoms with E-state index in [0.29, 0.717) is 23.2 Å². The summed E-state index contributed by atoms with van der Waals surface area (Å²) in [4.78, 5) is 26.7. The van der Waals surface area contributed by atoms with E-state index in [1.54, 1.807) is 31.2 Å². The van der Waals surface area contributed by atoms with E-state index in [1.165, 1.54) is 18.5 Å². The van der Waals surface area contributed by atoms with E-state index in [4.69, 9.17) is 9.26 Å². The van der Waals surface area contributed by atoms with Gasteiger partial charge >= 0.3 is 11.7 Å². The summed E-state index contributed by atoms with van der Waals surface area (Å²) in [5, 5.41) is 18.8. The number of ether oxygens (including phenoxy) is 1. The number of aromatic nitrogens is 4. The van der Waals surface area contributed by atoms with E-state index >= 15 is 0 Å². The molecule has 0 amide bonds. The van der Waals surface area contributed by atoms with Gasteiger partial charge in [0.25, 0.3) is 0 Å². The second-order valence-corrected chi connectivity index (χ2v) is 5.57. The summed E-state index contributed by atoms with van der Waals surface area (Å²) in [5.41, 5.74) is 1.17. The Kier molecular flexibility index (Phi) is 4.48. The van der Waals surface area contributed by atoms with Crippen LogP contribution < -0.4 is 4.74 Å². The van der Waals surface area contributed by atoms with Gasteiger partial charge in [0.15, 0.2) is 0 Å². The first-order valence-electron chi connectivity index (χ1n) is 7.65. The van der Waals surface area contributed by atoms with E-state index < -0.39 is 10.9 Å². The molecule has 0 fully saturated rings. The van der Waals surface area contributed by atoms with Gasteiger partial charge in [-0.3, -0.25) is 14.8 Å². The van der Waals surface area contributed by atoms with Gasteiger partial charge in [0, 0.05) is 12.5 Å². The Hall–Kier alpha value is -3.56. The van der Waals surface area contributed by atoms with Crippen LogP contribution in [-0.2, 0) is 11.3 Å². The van der Waals surface area contributed by atoms with Gasteiger partial charge in [-0.15, -0.1) is 0 Å². The summed E-state index contributed by atoms with van der Waals surface area (Å²) >= 11 is 0. The lowest BCUT2D eigenvalue weighted by molar-refractivity contribution is -0.386. The van der Waals surface area contributed by atoms with Gasteiger partial charge in [0.2, 0.25) is 11.7 Å². The number of nitrogens with zero attached hydrogens (tertiary/aromatic N) is 5. The van der Waals surface area contributed by atoms with Crippen LogP contribution in [0.5, 0.6) is 5.75 Å². The fourth-order valence-electron chi connectivity index (χ4n) is 2.48. The van der Waals surface area contributed by atoms with Gasteiger partial charge in [0.1, 0.15) is 23.7 Å². The Balaban J connectivity index is 1.69. The van der Waals surface area contributed by atoms with E-state index in [2.05, 4.69) is 15.2 Å². The summed E-state index contributed by atoms with van der Waals surface area (Å²) in [6.45, 7) is 4.51. The molecule has 2 heterocycles. The van der Waals surface area contributed by atoms with E-state index in [9.17, 15) is 14.9 Å². The third kappa shape index (κ3) is 3.43. The van der Waals surface area contributed by atoms with Crippen LogP contribution in [0, 0.1) is 30.9 Å². The first kappa shape index (κ1) is 17.3. The fraction of sp³-hybridized carbons (Fsp3) is 0.250. The number of aryl methyl sites for hydroxylation is 2. The molecule has 1 aromatic carbocycles. The zero-order valence-electron chi connectivity index (χ0n) is 14.3. The summed E-state index contributed by atoms with van der Waals surface area (Å²) < 4.78 is 11.4. The third-order valence-corrected chi connectivity index (χ3v) is 3.68. The van der Waals surface area contributed by atoms with Crippen molar-refractivity contribution in [1.82, 2.24) is 19.9 Å². The van der Waals surface area contributed by atoms with Gasteiger partial charge in [-0.1, -0.05) is 5.16 Å². The number of benzene rings is 1. The molecule has 0 aliphatic heterocycles. The molecule has 0 radical (unpaired) electrons. The highest BCUT2D eigenvalue weighted by atomic mass is 16.6. The van der Waals surface area contributed by atoms with Crippen molar-refractivity contribution in [3.63, 3.8) is 0 Å². The Morgan fingerprint density at radius 2 is 1.96 bits per heavy atom. The van der Waals surface area contributed by atoms with Crippen LogP contribution in [0.25, 0.3) is 11.4 Å². The molecular formula is C16H15N5O5. The molecule has 0 aliphatic rings. The summed E-state index contributed by atoms with van der Waals surface area (Å²) in [7, 11) is 0. The maximum atomic E-state index is 12.1. The van der Waals surface area contributed by atoms with Crippen molar-refractivity contribution in [2.45, 2.75) is 27.3 Å². The monoisotopic (exact) mass is 357 g/mol. The van der Waals surface area contributed by atoms with E-state index in [0.717, 1.165) is 5.56 Å². The van der Waals surface area contributed by atoms with Crippen molar-refractivity contribution >= 4 is 11.7 Å². The molecule has 0 aliphatic carbocycles. The van der Waals surface area contributed by atoms with Crippen molar-refractivity contribution in [2.75, 3.05) is 0 Å². The highest BCUT2D eigenvalue weighted by molar-refractivity contribution is 5.72. The van der Waals surface area contributed by atoms with Crippen molar-refractivity contribution < 1.29 is 19.0 Å². The normalized spacial score (nSPS) is 10.7. The van der Waals surface area contributed by atoms with Gasteiger partial charge in [-0.25, -0.2) is 4.79 Å². The molecule has 134 valence electrons. The van der Waals surface area contributed by atoms with Crippen LogP contribution >= 0.6 is 0 Å². The van der Waals surface area contributed by atoms with Gasteiger partial charge in [-0.05, 0) is 38.1 Å². The Labute approximate surface area is 147 Å². The lowest BCUT2D eigenvalue weighted by Gasteiger charge is -2.06. The van der Waals surface area contributed by atoms with Crippen LogP contribution in [0.3, 0.4) is 0 Å². The minimum Gasteiger partial charge on any atom is -0.425 e. The molecule has 0 N–H and O–H groups in total. The largest absolute Gasteiger partial charge is 0.425 e. The van der Waals surface area contributed by atoms with Crippen molar-refractivity contribution in [1.29, 1.82) is 0 Å². The molecule has 26 heavy (non-hydrogen) atoms. The van der Waals surface area contributed by atoms with E-state index in [-0.39, 0.29) is 17.9 Å². The van der Waals surface area contributed by atoms with Crippen LogP contribution in [0.2, 0.25) is 0 Å². The molecule has 3 aromatic rings. The van der Waals surface area contributed by atoms with Gasteiger partial charge < -0.3 is 9.26 Å². The molecule has 10 heteroatoms. The molecule has 0 saturated heterocycles. The number of carbonyl (C=O) groups is 1. The Bertz CT molecular complexity index is 974. The molecule has 0 bridgehead atoms. The van der Waals surface area contributed by atoms with Crippen LogP contribution in [0.15, 0.2) is 28.8 Å². The van der Waals surface area contributed by atoms with Gasteiger partial charge in [0.05, 0.1) is 4.92 Å². The Morgan fingerprint density at radius 1 is 1.27 bits per heavy atom. The number of nitro groups is 1. The third-order valence-electron chi connectivity index (χ3n) is 3.68. The summed E-state index contributed by atoms with van der Waals surface area (Å²) in [6.07, 6.45) is 0. The van der Waals surface area contributed by atoms with Crippen molar-refractivity contribution in [3.8, 4) is 17.1 Å². The van der Waals surface area contributed by atoms with Crippen LogP contribution in [0.1, 0.15) is 17.3 Å². The minimum absolute atomic E-state index is 0.0995. The predicted octanol–water partition coefficient (Wildman–Crippen LogP) is 2.37. The Morgan fingerprint density at radius 3 is 2.50 bits per heavy atom. The van der Waals surface area contributed by atoms with Crippen molar-refractivity contribution in [3.05, 3.63) is 51.7 Å². The first-order valence-corrected chi connectivity index (χ1v) is 7.65. The second-order valence-electron chi connectivity index (χ2n) is 5.57. The topological polar surface area (TPSA) is 126 Å². The molecule has 0 spiro atoms. The molecule has 0 unspecified atom stereocenters. The minimum atomic E-state index is -0.589. The maximum Gasteiger partial charge on any atom is 0.333 e. The second kappa shape index (κ2) is 6.75. The molecule has 3 rings (SSSR count). The SMILES string of the molecule is Cc1nc(-c2ccc(OC(=O)Cn3nc(C)c([N+](=O)[O-])c3C)cc2)no1. The number of carbonyl (C=O) groups excluding carboxylic acids is 1. The van der Waals surface area contributed by atoms with Crippen LogP contribution in [0.4, 0.5) is 5.69 Å². The zero-order chi connectivity index (χ0) is 18.8. The quantitative estimate of drug-likeness (QED) is 0.295. The maximum absolute atomic E-state index is 12.1. The number of rotatable bonds is 5. The van der Waals surface area contributed by atoms with Crippen molar-refractivity contribution in [2.24, 2.45) is 0 Å². The number of hydrogen-bond acceptors (Lipinski definition) is 8. The molecule has 0 saturated carbocycles. The molecule has 0 atom stereocenters. The highest BCUT2D eigenvalue weighted by Crippen LogP contribution is 2.22. The van der Waals surface area contributed by atoms with E-state index in [1.807, 2.05) is 0 Å². The molecule has 10 nitrogen and oxygen atoms in total. The average molecular weight is 357 g/mol. The standard InChI is InChI=1S/C16H15N5O5/c1-9-15(21(23)24)10(2)20(18-9)8-14(22)25-13-6-4-12(5-7-13)16-17-11(3)26-19-16/h4-7H,8H2,1-3H3. The predicted molar refractivity (Wildman–Crippen MR) is 88.5 cm³/mol. The smallest absolute Gasteiger partial charge is 0.333 e. The molecule has 2 aromatic heterocycles. The highest BCUT2D eigenvalue weighted by Gasteiger charge is 2.23. The lowest BCUT2D eigenvalue weighted by atomic mass is 10.2. The van der Waals surface area contributed by atoms with Crippen LogP contribution in [-0.4, -0.2) is 30.8 Å². The molecular weight excluding hydrogens is 342 g/mol. The fourth-order valence-corrected chi connectivity index (χ4v) is 2.48. The number of esters is 1. The van der Waals surface area contributed by atoms with Gasteiger partial charge in [-0.2, -0.15) is 10.1 Å².